The summed E-state index contributed by atoms with van der Waals surface area (Å²) >= 11 is 1.50. The van der Waals surface area contributed by atoms with Crippen molar-refractivity contribution in [3.05, 3.63) is 21.9 Å². The molecule has 1 aliphatic rings. The van der Waals surface area contributed by atoms with Crippen LogP contribution in [0.5, 0.6) is 0 Å². The highest BCUT2D eigenvalue weighted by Gasteiger charge is 2.28. The molecule has 1 aromatic rings. The predicted octanol–water partition coefficient (Wildman–Crippen LogP) is 1.56. The molecule has 0 bridgehead atoms. The first-order chi connectivity index (χ1) is 9.88. The predicted molar refractivity (Wildman–Crippen MR) is 86.1 cm³/mol. The zero-order valence-corrected chi connectivity index (χ0v) is 13.9. The van der Waals surface area contributed by atoms with Gasteiger partial charge in [0.15, 0.2) is 0 Å². The molecule has 2 rings (SSSR count). The van der Waals surface area contributed by atoms with Gasteiger partial charge in [-0.2, -0.15) is 0 Å². The second kappa shape index (κ2) is 6.87. The molecule has 0 amide bonds. The van der Waals surface area contributed by atoms with E-state index in [1.807, 2.05) is 0 Å². The van der Waals surface area contributed by atoms with Gasteiger partial charge in [-0.05, 0) is 27.0 Å². The van der Waals surface area contributed by atoms with Crippen molar-refractivity contribution in [2.24, 2.45) is 0 Å². The number of carboxylic acids is 1. The van der Waals surface area contributed by atoms with Crippen LogP contribution in [0, 0.1) is 0 Å². The third-order valence-corrected chi connectivity index (χ3v) is 5.05. The molecule has 1 aromatic heterocycles. The minimum atomic E-state index is -0.852. The highest BCUT2D eigenvalue weighted by molar-refractivity contribution is 7.10. The molecular weight excluding hydrogens is 286 g/mol. The molecule has 0 aliphatic carbocycles. The minimum Gasteiger partial charge on any atom is -0.478 e. The number of carbonyl (C=O) groups is 1. The molecule has 2 N–H and O–H groups in total. The van der Waals surface area contributed by atoms with Crippen molar-refractivity contribution < 1.29 is 9.90 Å². The number of thiophene rings is 1. The van der Waals surface area contributed by atoms with Crippen molar-refractivity contribution in [3.63, 3.8) is 0 Å². The van der Waals surface area contributed by atoms with E-state index in [-0.39, 0.29) is 5.54 Å². The molecule has 2 heterocycles. The van der Waals surface area contributed by atoms with Crippen LogP contribution in [-0.2, 0) is 6.54 Å². The fourth-order valence-electron chi connectivity index (χ4n) is 2.60. The minimum absolute atomic E-state index is 0.119. The Kier molecular flexibility index (Phi) is 5.37. The van der Waals surface area contributed by atoms with Crippen molar-refractivity contribution in [2.45, 2.75) is 25.9 Å². The second-order valence-electron chi connectivity index (χ2n) is 6.31. The number of nitrogens with one attached hydrogen (secondary N) is 1. The van der Waals surface area contributed by atoms with Crippen LogP contribution in [0.4, 0.5) is 0 Å². The van der Waals surface area contributed by atoms with Gasteiger partial charge in [-0.15, -0.1) is 11.3 Å². The summed E-state index contributed by atoms with van der Waals surface area (Å²) < 4.78 is 0. The molecule has 6 heteroatoms. The second-order valence-corrected chi connectivity index (χ2v) is 7.31. The lowest BCUT2D eigenvalue weighted by Crippen LogP contribution is -2.57. The topological polar surface area (TPSA) is 55.8 Å². The number of aromatic carboxylic acids is 1. The van der Waals surface area contributed by atoms with Crippen molar-refractivity contribution in [3.8, 4) is 0 Å². The Hall–Kier alpha value is -0.950. The summed E-state index contributed by atoms with van der Waals surface area (Å²) in [5.41, 5.74) is 0.504. The highest BCUT2D eigenvalue weighted by atomic mass is 32.1. The SMILES string of the molecule is CN1CCN(C(C)(C)CNCc2cc(C(=O)O)cs2)CC1. The highest BCUT2D eigenvalue weighted by Crippen LogP contribution is 2.17. The molecule has 21 heavy (non-hydrogen) atoms. The Morgan fingerprint density at radius 3 is 2.62 bits per heavy atom. The standard InChI is InChI=1S/C15H25N3O2S/c1-15(2,18-6-4-17(3)5-7-18)11-16-9-13-8-12(10-21-13)14(19)20/h8,10,16H,4-7,9,11H2,1-3H3,(H,19,20). The van der Waals surface area contributed by atoms with Gasteiger partial charge in [-0.3, -0.25) is 4.90 Å². The Morgan fingerprint density at radius 2 is 2.05 bits per heavy atom. The first-order valence-electron chi connectivity index (χ1n) is 7.33. The lowest BCUT2D eigenvalue weighted by molar-refractivity contribution is 0.0618. The normalized spacial score (nSPS) is 18.0. The number of piperazine rings is 1. The van der Waals surface area contributed by atoms with Gasteiger partial charge in [-0.1, -0.05) is 0 Å². The van der Waals surface area contributed by atoms with Crippen molar-refractivity contribution in [1.82, 2.24) is 15.1 Å². The zero-order chi connectivity index (χ0) is 15.5. The van der Waals surface area contributed by atoms with Gasteiger partial charge in [0.2, 0.25) is 0 Å². The molecule has 0 aromatic carbocycles. The maximum absolute atomic E-state index is 10.9. The Morgan fingerprint density at radius 1 is 1.38 bits per heavy atom. The maximum Gasteiger partial charge on any atom is 0.336 e. The quantitative estimate of drug-likeness (QED) is 0.835. The Balaban J connectivity index is 1.79. The summed E-state index contributed by atoms with van der Waals surface area (Å²) in [5, 5.41) is 14.1. The van der Waals surface area contributed by atoms with Crippen molar-refractivity contribution >= 4 is 17.3 Å². The Bertz CT molecular complexity index is 479. The molecule has 0 unspecified atom stereocenters. The van der Waals surface area contributed by atoms with Gasteiger partial charge in [0.25, 0.3) is 0 Å². The van der Waals surface area contributed by atoms with Gasteiger partial charge in [0.1, 0.15) is 0 Å². The summed E-state index contributed by atoms with van der Waals surface area (Å²) in [6.07, 6.45) is 0. The van der Waals surface area contributed by atoms with Crippen molar-refractivity contribution in [1.29, 1.82) is 0 Å². The molecule has 0 spiro atoms. The number of hydrogen-bond acceptors (Lipinski definition) is 5. The van der Waals surface area contributed by atoms with E-state index in [4.69, 9.17) is 5.11 Å². The molecule has 1 aliphatic heterocycles. The average Bonchev–Trinajstić information content (AvgIpc) is 2.88. The molecule has 1 fully saturated rings. The smallest absolute Gasteiger partial charge is 0.336 e. The lowest BCUT2D eigenvalue weighted by atomic mass is 10.0. The number of nitrogens with zero attached hydrogens (tertiary/aromatic N) is 2. The first-order valence-corrected chi connectivity index (χ1v) is 8.21. The monoisotopic (exact) mass is 311 g/mol. The average molecular weight is 311 g/mol. The van der Waals surface area contributed by atoms with Gasteiger partial charge >= 0.3 is 5.97 Å². The van der Waals surface area contributed by atoms with Crippen molar-refractivity contribution in [2.75, 3.05) is 39.8 Å². The third kappa shape index (κ3) is 4.51. The summed E-state index contributed by atoms with van der Waals surface area (Å²) in [6.45, 7) is 10.6. The Labute approximate surface area is 130 Å². The summed E-state index contributed by atoms with van der Waals surface area (Å²) in [6, 6.07) is 1.75. The number of carboxylic acid groups (broad SMARTS) is 1. The largest absolute Gasteiger partial charge is 0.478 e. The summed E-state index contributed by atoms with van der Waals surface area (Å²) in [4.78, 5) is 16.8. The molecular formula is C15H25N3O2S. The van der Waals surface area contributed by atoms with Crippen LogP contribution >= 0.6 is 11.3 Å². The number of hydrogen-bond donors (Lipinski definition) is 2. The molecule has 0 saturated carbocycles. The van der Waals surface area contributed by atoms with Crippen LogP contribution in [0.1, 0.15) is 29.1 Å². The number of likely N-dealkylation sites (N-methyl/N-ethyl adjacent to an activating group) is 1. The molecule has 0 atom stereocenters. The van der Waals surface area contributed by atoms with Crippen LogP contribution in [0.2, 0.25) is 0 Å². The van der Waals surface area contributed by atoms with Crippen LogP contribution in [0.15, 0.2) is 11.4 Å². The fraction of sp³-hybridized carbons (Fsp3) is 0.667. The van der Waals surface area contributed by atoms with Crippen LogP contribution in [0.25, 0.3) is 0 Å². The van der Waals surface area contributed by atoms with E-state index in [2.05, 4.69) is 36.0 Å². The molecule has 5 nitrogen and oxygen atoms in total. The van der Waals surface area contributed by atoms with Crippen LogP contribution < -0.4 is 5.32 Å². The van der Waals surface area contributed by atoms with Gasteiger partial charge in [0.05, 0.1) is 5.56 Å². The molecule has 1 saturated heterocycles. The van der Waals surface area contributed by atoms with Crippen LogP contribution in [-0.4, -0.2) is 66.2 Å². The third-order valence-electron chi connectivity index (χ3n) is 4.12. The van der Waals surface area contributed by atoms with Gasteiger partial charge in [0, 0.05) is 55.1 Å². The van der Waals surface area contributed by atoms with Gasteiger partial charge < -0.3 is 15.3 Å². The van der Waals surface area contributed by atoms with Crippen LogP contribution in [0.3, 0.4) is 0 Å². The fourth-order valence-corrected chi connectivity index (χ4v) is 3.43. The van der Waals surface area contributed by atoms with E-state index in [0.717, 1.165) is 44.1 Å². The van der Waals surface area contributed by atoms with Gasteiger partial charge in [-0.25, -0.2) is 4.79 Å². The van der Waals surface area contributed by atoms with E-state index in [1.165, 1.54) is 11.3 Å². The maximum atomic E-state index is 10.9. The van der Waals surface area contributed by atoms with E-state index in [1.54, 1.807) is 11.4 Å². The molecule has 118 valence electrons. The number of rotatable bonds is 6. The summed E-state index contributed by atoms with van der Waals surface area (Å²) in [7, 11) is 2.17. The van der Waals surface area contributed by atoms with E-state index < -0.39 is 5.97 Å². The lowest BCUT2D eigenvalue weighted by Gasteiger charge is -2.43. The molecule has 0 radical (unpaired) electrons. The first kappa shape index (κ1) is 16.4. The van der Waals surface area contributed by atoms with E-state index in [9.17, 15) is 4.79 Å². The van der Waals surface area contributed by atoms with E-state index in [0.29, 0.717) is 5.56 Å². The summed E-state index contributed by atoms with van der Waals surface area (Å²) in [5.74, 6) is -0.852. The zero-order valence-electron chi connectivity index (χ0n) is 13.1. The van der Waals surface area contributed by atoms with E-state index >= 15 is 0 Å².